The van der Waals surface area contributed by atoms with Gasteiger partial charge in [-0.1, -0.05) is 24.1 Å². The van der Waals surface area contributed by atoms with Crippen molar-refractivity contribution in [1.29, 1.82) is 0 Å². The quantitative estimate of drug-likeness (QED) is 0.0752. The van der Waals surface area contributed by atoms with Crippen molar-refractivity contribution in [2.24, 2.45) is 0 Å². The molecule has 15 nitrogen and oxygen atoms in total. The summed E-state index contributed by atoms with van der Waals surface area (Å²) in [7, 11) is 0. The number of benzene rings is 2. The van der Waals surface area contributed by atoms with Crippen LogP contribution < -0.4 is 5.32 Å². The molecule has 0 aliphatic rings. The second-order valence-corrected chi connectivity index (χ2v) is 11.1. The Morgan fingerprint density at radius 3 is 1.68 bits per heavy atom. The topological polar surface area (TPSA) is 214 Å². The van der Waals surface area contributed by atoms with Gasteiger partial charge in [-0.2, -0.15) is 0 Å². The number of hydrogen-bond acceptors (Lipinski definition) is 10. The molecule has 5 N–H and O–H groups in total. The minimum atomic E-state index is -1.24. The first-order chi connectivity index (χ1) is 23.4. The van der Waals surface area contributed by atoms with E-state index in [9.17, 15) is 34.2 Å². The van der Waals surface area contributed by atoms with Crippen molar-refractivity contribution in [1.82, 2.24) is 24.7 Å². The number of pyridine rings is 2. The van der Waals surface area contributed by atoms with Crippen molar-refractivity contribution in [2.75, 3.05) is 64.2 Å². The number of carboxylic acid groups (broad SMARTS) is 4. The summed E-state index contributed by atoms with van der Waals surface area (Å²) in [5.74, 6) is 0.759. The second-order valence-electron chi connectivity index (χ2n) is 11.1. The molecule has 4 aromatic rings. The van der Waals surface area contributed by atoms with Crippen molar-refractivity contribution in [3.8, 4) is 11.8 Å². The molecule has 0 saturated carbocycles. The summed E-state index contributed by atoms with van der Waals surface area (Å²) in [6.45, 7) is -2.41. The van der Waals surface area contributed by atoms with Crippen molar-refractivity contribution in [2.45, 2.75) is 0 Å². The van der Waals surface area contributed by atoms with Crippen molar-refractivity contribution in [3.05, 3.63) is 78.1 Å². The second kappa shape index (κ2) is 19.7. The van der Waals surface area contributed by atoms with Crippen LogP contribution in [0.5, 0.6) is 0 Å². The Hall–Kier alpha value is -4.37. The molecule has 50 heavy (non-hydrogen) atoms. The average Bonchev–Trinajstić information content (AvgIpc) is 3.04. The molecule has 258 valence electrons. The molecule has 0 spiro atoms. The van der Waals surface area contributed by atoms with Gasteiger partial charge in [0, 0.05) is 54.4 Å². The number of rotatable bonds is 17. The Kier molecular flexibility index (Phi) is 15.8. The summed E-state index contributed by atoms with van der Waals surface area (Å²) in [5, 5.41) is 41.4. The molecule has 0 aliphatic heterocycles. The first-order valence-corrected chi connectivity index (χ1v) is 15.1. The maximum absolute atomic E-state index is 12.8. The Labute approximate surface area is 327 Å². The van der Waals surface area contributed by atoms with Crippen LogP contribution in [-0.4, -0.2) is 134 Å². The van der Waals surface area contributed by atoms with Crippen molar-refractivity contribution < 1.29 is 93.8 Å². The number of carbonyl (C=O) groups excluding carboxylic acids is 1. The summed E-state index contributed by atoms with van der Waals surface area (Å²) < 4.78 is 0. The van der Waals surface area contributed by atoms with Crippen LogP contribution in [-0.2, 0) is 24.0 Å². The van der Waals surface area contributed by atoms with Gasteiger partial charge in [-0.25, -0.2) is 4.98 Å². The standard InChI is InChI=1S/C34H34N6O9.Eu/c41-28(18-39(20-30(44)45)16-14-38(19-29(42)43)15-17-40(21-31(46)47)22-32(48)49)36-26-9-3-23(4-10-26)5-11-27-12-8-25-7-6-24-2-1-13-35-33(24)34(25)37-27;/h1-4,6-10,12-13H,14-22H2,(H,36,41)(H,42,43)(H,44,45)(H,46,47)(H,48,49);/q;+3. The predicted molar refractivity (Wildman–Crippen MR) is 178 cm³/mol. The zero-order valence-electron chi connectivity index (χ0n) is 26.7. The molecule has 16 heteroatoms. The van der Waals surface area contributed by atoms with E-state index in [1.54, 1.807) is 30.5 Å². The minimum absolute atomic E-state index is 0. The smallest absolute Gasteiger partial charge is 0.480 e. The Bertz CT molecular complexity index is 1900. The molecular formula is C34H34EuN6O9+3. The molecule has 0 fully saturated rings. The molecule has 0 saturated heterocycles. The maximum Gasteiger partial charge on any atom is 3.00 e. The van der Waals surface area contributed by atoms with Crippen LogP contribution in [0.3, 0.4) is 0 Å². The van der Waals surface area contributed by atoms with Crippen molar-refractivity contribution >= 4 is 57.3 Å². The molecule has 2 aromatic carbocycles. The van der Waals surface area contributed by atoms with Crippen LogP contribution in [0.1, 0.15) is 11.3 Å². The molecule has 0 radical (unpaired) electrons. The summed E-state index contributed by atoms with van der Waals surface area (Å²) >= 11 is 0. The number of carbonyl (C=O) groups is 5. The number of nitrogens with zero attached hydrogens (tertiary/aromatic N) is 5. The number of hydrogen-bond donors (Lipinski definition) is 5. The summed E-state index contributed by atoms with van der Waals surface area (Å²) in [6, 6.07) is 18.3. The molecule has 0 unspecified atom stereocenters. The summed E-state index contributed by atoms with van der Waals surface area (Å²) in [5.41, 5.74) is 3.25. The van der Waals surface area contributed by atoms with Gasteiger partial charge in [-0.3, -0.25) is 43.7 Å². The normalized spacial score (nSPS) is 10.9. The van der Waals surface area contributed by atoms with E-state index >= 15 is 0 Å². The van der Waals surface area contributed by atoms with E-state index in [1.165, 1.54) is 9.80 Å². The third kappa shape index (κ3) is 13.2. The zero-order valence-corrected chi connectivity index (χ0v) is 29.1. The number of nitrogens with one attached hydrogen (secondary N) is 1. The van der Waals surface area contributed by atoms with E-state index in [-0.39, 0.29) is 82.1 Å². The van der Waals surface area contributed by atoms with Crippen LogP contribution in [0.4, 0.5) is 5.69 Å². The van der Waals surface area contributed by atoms with Gasteiger partial charge >= 0.3 is 73.3 Å². The number of aliphatic carboxylic acids is 4. The fraction of sp³-hybridized carbons (Fsp3) is 0.265. The number of aromatic nitrogens is 2. The Morgan fingerprint density at radius 1 is 0.600 bits per heavy atom. The van der Waals surface area contributed by atoms with Gasteiger partial charge in [0.05, 0.1) is 43.8 Å². The molecule has 0 bridgehead atoms. The number of anilines is 1. The Morgan fingerprint density at radius 2 is 1.10 bits per heavy atom. The van der Waals surface area contributed by atoms with Crippen LogP contribution in [0, 0.1) is 61.2 Å². The molecule has 2 heterocycles. The first-order valence-electron chi connectivity index (χ1n) is 15.1. The monoisotopic (exact) mass is 823 g/mol. The van der Waals surface area contributed by atoms with E-state index in [4.69, 9.17) is 10.2 Å². The SMILES string of the molecule is O=C(O)CN(CCN(CC(=O)O)CC(=O)O)CCN(CC(=O)O)CC(=O)Nc1ccc(C#Cc2ccc3ccc4cccnc4c3n2)cc1.[Eu+3]. The Balaban J connectivity index is 0.00000676. The fourth-order valence-corrected chi connectivity index (χ4v) is 5.00. The van der Waals surface area contributed by atoms with Crippen LogP contribution in [0.15, 0.2) is 66.9 Å². The molecule has 1 amide bonds. The number of carboxylic acids is 4. The van der Waals surface area contributed by atoms with Gasteiger partial charge < -0.3 is 25.7 Å². The molecular weight excluding hydrogens is 788 g/mol. The third-order valence-electron chi connectivity index (χ3n) is 7.20. The van der Waals surface area contributed by atoms with E-state index in [0.717, 1.165) is 26.7 Å². The molecule has 0 aliphatic carbocycles. The van der Waals surface area contributed by atoms with Gasteiger partial charge in [-0.15, -0.1) is 0 Å². The van der Waals surface area contributed by atoms with Gasteiger partial charge in [0.15, 0.2) is 0 Å². The van der Waals surface area contributed by atoms with E-state index in [1.807, 2.05) is 36.4 Å². The van der Waals surface area contributed by atoms with Gasteiger partial charge in [-0.05, 0) is 48.4 Å². The summed E-state index contributed by atoms with van der Waals surface area (Å²) in [4.78, 5) is 70.9. The predicted octanol–water partition coefficient (Wildman–Crippen LogP) is 1.37. The number of fused-ring (bicyclic) bond motifs is 3. The third-order valence-corrected chi connectivity index (χ3v) is 7.20. The molecule has 2 aromatic heterocycles. The van der Waals surface area contributed by atoms with Crippen LogP contribution >= 0.6 is 0 Å². The molecule has 0 atom stereocenters. The number of amides is 1. The zero-order chi connectivity index (χ0) is 35.3. The van der Waals surface area contributed by atoms with E-state index in [0.29, 0.717) is 16.9 Å². The van der Waals surface area contributed by atoms with Gasteiger partial charge in [0.2, 0.25) is 5.91 Å². The fourth-order valence-electron chi connectivity index (χ4n) is 5.00. The summed E-state index contributed by atoms with van der Waals surface area (Å²) in [6.07, 6.45) is 1.72. The van der Waals surface area contributed by atoms with Crippen LogP contribution in [0.25, 0.3) is 21.8 Å². The van der Waals surface area contributed by atoms with Crippen LogP contribution in [0.2, 0.25) is 0 Å². The van der Waals surface area contributed by atoms with Gasteiger partial charge in [0.1, 0.15) is 5.69 Å². The van der Waals surface area contributed by atoms with E-state index in [2.05, 4.69) is 27.1 Å². The van der Waals surface area contributed by atoms with E-state index < -0.39 is 56.0 Å². The minimum Gasteiger partial charge on any atom is -0.480 e. The maximum atomic E-state index is 12.8. The van der Waals surface area contributed by atoms with Crippen molar-refractivity contribution in [3.63, 3.8) is 0 Å². The first kappa shape index (κ1) is 40.1. The largest absolute Gasteiger partial charge is 3.00 e. The molecule has 4 rings (SSSR count). The van der Waals surface area contributed by atoms with Gasteiger partial charge in [0.25, 0.3) is 0 Å². The average molecular weight is 823 g/mol.